The van der Waals surface area contributed by atoms with Crippen molar-refractivity contribution >= 4 is 29.5 Å². The standard InChI is InChI=1S/C20H27N3O5/c1-4-11-20(12-5-2)18(26)23(19(27)22-20)13-16(24)28-14(3)17(25)21-15-9-7-6-8-10-15/h6-10,14H,4-5,11-13H2,1-3H3,(H,21,25)(H,22,27)/t14-/m0/s1. The third-order valence-corrected chi connectivity index (χ3v) is 4.61. The van der Waals surface area contributed by atoms with Gasteiger partial charge in [-0.05, 0) is 31.9 Å². The summed E-state index contributed by atoms with van der Waals surface area (Å²) >= 11 is 0. The van der Waals surface area contributed by atoms with E-state index in [4.69, 9.17) is 4.74 Å². The molecule has 0 saturated carbocycles. The first-order chi connectivity index (χ1) is 13.3. The minimum atomic E-state index is -1.07. The maximum Gasteiger partial charge on any atom is 0.327 e. The van der Waals surface area contributed by atoms with Crippen LogP contribution in [0, 0.1) is 0 Å². The third kappa shape index (κ3) is 4.88. The van der Waals surface area contributed by atoms with Crippen LogP contribution in [-0.4, -0.2) is 46.9 Å². The van der Waals surface area contributed by atoms with Crippen molar-refractivity contribution in [1.82, 2.24) is 10.2 Å². The van der Waals surface area contributed by atoms with Gasteiger partial charge in [0.15, 0.2) is 6.10 Å². The quantitative estimate of drug-likeness (QED) is 0.499. The summed E-state index contributed by atoms with van der Waals surface area (Å²) in [4.78, 5) is 50.2. The van der Waals surface area contributed by atoms with Gasteiger partial charge in [-0.15, -0.1) is 0 Å². The molecule has 1 heterocycles. The molecule has 0 radical (unpaired) electrons. The second kappa shape index (κ2) is 9.34. The molecule has 4 amide bonds. The highest BCUT2D eigenvalue weighted by Gasteiger charge is 2.50. The second-order valence-corrected chi connectivity index (χ2v) is 6.89. The van der Waals surface area contributed by atoms with Crippen LogP contribution in [0.4, 0.5) is 10.5 Å². The summed E-state index contributed by atoms with van der Waals surface area (Å²) in [5.74, 6) is -1.73. The smallest absolute Gasteiger partial charge is 0.327 e. The van der Waals surface area contributed by atoms with Gasteiger partial charge >= 0.3 is 12.0 Å². The lowest BCUT2D eigenvalue weighted by Gasteiger charge is -2.25. The van der Waals surface area contributed by atoms with Crippen LogP contribution in [-0.2, 0) is 19.1 Å². The first-order valence-electron chi connectivity index (χ1n) is 9.52. The number of imide groups is 1. The Morgan fingerprint density at radius 3 is 2.32 bits per heavy atom. The molecule has 0 aliphatic carbocycles. The average Bonchev–Trinajstić information content (AvgIpc) is 2.87. The van der Waals surface area contributed by atoms with E-state index in [1.54, 1.807) is 24.3 Å². The van der Waals surface area contributed by atoms with E-state index < -0.39 is 42.0 Å². The molecular weight excluding hydrogens is 362 g/mol. The number of nitrogens with one attached hydrogen (secondary N) is 2. The van der Waals surface area contributed by atoms with Gasteiger partial charge in [0.25, 0.3) is 11.8 Å². The number of nitrogens with zero attached hydrogens (tertiary/aromatic N) is 1. The molecule has 1 saturated heterocycles. The Hall–Kier alpha value is -2.90. The average molecular weight is 389 g/mol. The number of rotatable bonds is 9. The Balaban J connectivity index is 1.95. The van der Waals surface area contributed by atoms with Gasteiger partial charge < -0.3 is 15.4 Å². The minimum absolute atomic E-state index is 0.417. The summed E-state index contributed by atoms with van der Waals surface area (Å²) in [6.45, 7) is 4.77. The molecule has 0 unspecified atom stereocenters. The zero-order valence-electron chi connectivity index (χ0n) is 16.5. The largest absolute Gasteiger partial charge is 0.451 e. The Morgan fingerprint density at radius 2 is 1.75 bits per heavy atom. The van der Waals surface area contributed by atoms with Gasteiger partial charge in [-0.2, -0.15) is 0 Å². The van der Waals surface area contributed by atoms with Crippen LogP contribution < -0.4 is 10.6 Å². The predicted molar refractivity (Wildman–Crippen MR) is 103 cm³/mol. The minimum Gasteiger partial charge on any atom is -0.451 e. The monoisotopic (exact) mass is 389 g/mol. The Morgan fingerprint density at radius 1 is 1.14 bits per heavy atom. The SMILES string of the molecule is CCCC1(CCC)NC(=O)N(CC(=O)O[C@@H](C)C(=O)Nc2ccccc2)C1=O. The van der Waals surface area contributed by atoms with E-state index >= 15 is 0 Å². The summed E-state index contributed by atoms with van der Waals surface area (Å²) in [7, 11) is 0. The molecule has 1 atom stereocenters. The molecule has 1 aliphatic rings. The van der Waals surface area contributed by atoms with Crippen LogP contribution in [0.5, 0.6) is 0 Å². The molecule has 8 nitrogen and oxygen atoms in total. The molecule has 1 fully saturated rings. The van der Waals surface area contributed by atoms with Crippen LogP contribution in [0.3, 0.4) is 0 Å². The molecule has 1 aromatic carbocycles. The van der Waals surface area contributed by atoms with Crippen molar-refractivity contribution in [2.24, 2.45) is 0 Å². The molecule has 28 heavy (non-hydrogen) atoms. The van der Waals surface area contributed by atoms with Crippen molar-refractivity contribution in [1.29, 1.82) is 0 Å². The molecule has 1 aromatic rings. The van der Waals surface area contributed by atoms with Crippen molar-refractivity contribution in [3.05, 3.63) is 30.3 Å². The van der Waals surface area contributed by atoms with E-state index in [-0.39, 0.29) is 0 Å². The molecule has 0 spiro atoms. The van der Waals surface area contributed by atoms with Gasteiger partial charge in [0, 0.05) is 5.69 Å². The van der Waals surface area contributed by atoms with Gasteiger partial charge in [-0.25, -0.2) is 4.79 Å². The second-order valence-electron chi connectivity index (χ2n) is 6.89. The third-order valence-electron chi connectivity index (χ3n) is 4.61. The number of hydrogen-bond acceptors (Lipinski definition) is 5. The van der Waals surface area contributed by atoms with Gasteiger partial charge in [0.05, 0.1) is 0 Å². The van der Waals surface area contributed by atoms with E-state index in [0.29, 0.717) is 18.5 Å². The van der Waals surface area contributed by atoms with Gasteiger partial charge in [-0.1, -0.05) is 44.9 Å². The molecule has 8 heteroatoms. The lowest BCUT2D eigenvalue weighted by molar-refractivity contribution is -0.155. The van der Waals surface area contributed by atoms with E-state index in [9.17, 15) is 19.2 Å². The van der Waals surface area contributed by atoms with Crippen molar-refractivity contribution < 1.29 is 23.9 Å². The van der Waals surface area contributed by atoms with Crippen LogP contribution in [0.1, 0.15) is 46.5 Å². The van der Waals surface area contributed by atoms with Gasteiger partial charge in [0.1, 0.15) is 12.1 Å². The zero-order valence-corrected chi connectivity index (χ0v) is 16.5. The van der Waals surface area contributed by atoms with E-state index in [1.807, 2.05) is 19.9 Å². The maximum absolute atomic E-state index is 12.8. The van der Waals surface area contributed by atoms with Crippen molar-refractivity contribution in [2.75, 3.05) is 11.9 Å². The molecule has 0 bridgehead atoms. The number of amides is 4. The van der Waals surface area contributed by atoms with Crippen LogP contribution in [0.15, 0.2) is 30.3 Å². The Labute approximate surface area is 164 Å². The first-order valence-corrected chi connectivity index (χ1v) is 9.52. The van der Waals surface area contributed by atoms with Crippen LogP contribution in [0.25, 0.3) is 0 Å². The molecule has 2 rings (SSSR count). The number of esters is 1. The predicted octanol–water partition coefficient (Wildman–Crippen LogP) is 2.45. The summed E-state index contributed by atoms with van der Waals surface area (Å²) in [6.07, 6.45) is 1.39. The Bertz CT molecular complexity index is 729. The summed E-state index contributed by atoms with van der Waals surface area (Å²) in [5.41, 5.74) is -0.384. The van der Waals surface area contributed by atoms with Crippen LogP contribution in [0.2, 0.25) is 0 Å². The summed E-state index contributed by atoms with van der Waals surface area (Å²) in [5, 5.41) is 5.36. The number of ether oxygens (including phenoxy) is 1. The lowest BCUT2D eigenvalue weighted by Crippen LogP contribution is -2.47. The normalized spacial score (nSPS) is 16.5. The molecular formula is C20H27N3O5. The Kier molecular flexibility index (Phi) is 7.14. The highest BCUT2D eigenvalue weighted by Crippen LogP contribution is 2.28. The van der Waals surface area contributed by atoms with E-state index in [0.717, 1.165) is 17.7 Å². The molecule has 0 aromatic heterocycles. The molecule has 1 aliphatic heterocycles. The zero-order chi connectivity index (χ0) is 20.7. The fourth-order valence-corrected chi connectivity index (χ4v) is 3.32. The highest BCUT2D eigenvalue weighted by atomic mass is 16.5. The van der Waals surface area contributed by atoms with Gasteiger partial charge in [-0.3, -0.25) is 19.3 Å². The van der Waals surface area contributed by atoms with Crippen LogP contribution >= 0.6 is 0 Å². The first kappa shape index (κ1) is 21.4. The number of hydrogen-bond donors (Lipinski definition) is 2. The fraction of sp³-hybridized carbons (Fsp3) is 0.500. The number of urea groups is 1. The van der Waals surface area contributed by atoms with Crippen molar-refractivity contribution in [3.63, 3.8) is 0 Å². The summed E-state index contributed by atoms with van der Waals surface area (Å²) < 4.78 is 5.11. The number of anilines is 1. The van der Waals surface area contributed by atoms with E-state index in [2.05, 4.69) is 10.6 Å². The fourth-order valence-electron chi connectivity index (χ4n) is 3.32. The highest BCUT2D eigenvalue weighted by molar-refractivity contribution is 6.08. The topological polar surface area (TPSA) is 105 Å². The number of carbonyl (C=O) groups excluding carboxylic acids is 4. The summed E-state index contributed by atoms with van der Waals surface area (Å²) in [6, 6.07) is 8.16. The number of benzene rings is 1. The van der Waals surface area contributed by atoms with Crippen molar-refractivity contribution in [3.8, 4) is 0 Å². The lowest BCUT2D eigenvalue weighted by atomic mass is 9.88. The van der Waals surface area contributed by atoms with Gasteiger partial charge in [0.2, 0.25) is 0 Å². The molecule has 152 valence electrons. The molecule has 2 N–H and O–H groups in total. The van der Waals surface area contributed by atoms with E-state index in [1.165, 1.54) is 6.92 Å². The van der Waals surface area contributed by atoms with Crippen molar-refractivity contribution in [2.45, 2.75) is 58.1 Å². The number of para-hydroxylation sites is 1. The maximum atomic E-state index is 12.8. The number of carbonyl (C=O) groups is 4.